The molecule has 0 saturated carbocycles. The number of rotatable bonds is 4. The number of hydrogen-bond acceptors (Lipinski definition) is 6. The number of amides is 1. The SMILES string of the molecule is COc1ccc(N2C(=O)C(=Cc3cccnc3)SC2=S)c(OC)c1. The predicted octanol–water partition coefficient (Wildman–Crippen LogP) is 3.50. The fourth-order valence-corrected chi connectivity index (χ4v) is 3.54. The molecule has 0 atom stereocenters. The van der Waals surface area contributed by atoms with Crippen LogP contribution >= 0.6 is 24.0 Å². The first-order valence-electron chi connectivity index (χ1n) is 7.04. The Morgan fingerprint density at radius 2 is 2.08 bits per heavy atom. The van der Waals surface area contributed by atoms with E-state index in [2.05, 4.69) is 4.98 Å². The summed E-state index contributed by atoms with van der Waals surface area (Å²) in [5.41, 5.74) is 1.44. The normalized spacial score (nSPS) is 15.9. The van der Waals surface area contributed by atoms with E-state index in [9.17, 15) is 4.79 Å². The molecule has 7 heteroatoms. The molecule has 0 spiro atoms. The van der Waals surface area contributed by atoms with E-state index < -0.39 is 0 Å². The summed E-state index contributed by atoms with van der Waals surface area (Å²) in [4.78, 5) is 18.9. The van der Waals surface area contributed by atoms with Gasteiger partial charge in [0.2, 0.25) is 0 Å². The van der Waals surface area contributed by atoms with Crippen LogP contribution in [-0.4, -0.2) is 29.4 Å². The highest BCUT2D eigenvalue weighted by molar-refractivity contribution is 8.27. The summed E-state index contributed by atoms with van der Waals surface area (Å²) in [6, 6.07) is 8.95. The lowest BCUT2D eigenvalue weighted by molar-refractivity contribution is -0.113. The van der Waals surface area contributed by atoms with Crippen LogP contribution in [0.5, 0.6) is 11.5 Å². The number of pyridine rings is 1. The van der Waals surface area contributed by atoms with Crippen molar-refractivity contribution in [3.05, 3.63) is 53.2 Å². The lowest BCUT2D eigenvalue weighted by Crippen LogP contribution is -2.27. The molecule has 1 amide bonds. The number of carbonyl (C=O) groups excluding carboxylic acids is 1. The lowest BCUT2D eigenvalue weighted by Gasteiger charge is -2.18. The Kier molecular flexibility index (Phi) is 4.82. The summed E-state index contributed by atoms with van der Waals surface area (Å²) >= 11 is 6.64. The molecule has 1 aliphatic heterocycles. The van der Waals surface area contributed by atoms with Gasteiger partial charge in [0.1, 0.15) is 11.5 Å². The highest BCUT2D eigenvalue weighted by Gasteiger charge is 2.35. The topological polar surface area (TPSA) is 51.7 Å². The number of thioether (sulfide) groups is 1. The third-order valence-corrected chi connectivity index (χ3v) is 4.71. The smallest absolute Gasteiger partial charge is 0.270 e. The van der Waals surface area contributed by atoms with E-state index in [1.807, 2.05) is 12.1 Å². The second-order valence-corrected chi connectivity index (χ2v) is 6.52. The first kappa shape index (κ1) is 16.5. The van der Waals surface area contributed by atoms with E-state index in [1.54, 1.807) is 50.9 Å². The number of nitrogens with zero attached hydrogens (tertiary/aromatic N) is 2. The first-order valence-corrected chi connectivity index (χ1v) is 8.26. The van der Waals surface area contributed by atoms with Crippen LogP contribution in [0.15, 0.2) is 47.6 Å². The van der Waals surface area contributed by atoms with Gasteiger partial charge >= 0.3 is 0 Å². The van der Waals surface area contributed by atoms with E-state index in [1.165, 1.54) is 16.7 Å². The Morgan fingerprint density at radius 1 is 1.25 bits per heavy atom. The Labute approximate surface area is 149 Å². The molecule has 1 aromatic heterocycles. The van der Waals surface area contributed by atoms with Gasteiger partial charge in [-0.25, -0.2) is 0 Å². The molecule has 2 heterocycles. The Bertz CT molecular complexity index is 822. The average molecular weight is 358 g/mol. The molecule has 2 aromatic rings. The van der Waals surface area contributed by atoms with Crippen molar-refractivity contribution in [3.8, 4) is 11.5 Å². The van der Waals surface area contributed by atoms with Crippen molar-refractivity contribution in [2.75, 3.05) is 19.1 Å². The van der Waals surface area contributed by atoms with Gasteiger partial charge < -0.3 is 9.47 Å². The summed E-state index contributed by atoms with van der Waals surface area (Å²) in [6.07, 6.45) is 5.16. The standard InChI is InChI=1S/C17H14N2O3S2/c1-21-12-5-6-13(14(9-12)22-2)19-16(20)15(24-17(19)23)8-11-4-3-7-18-10-11/h3-10H,1-2H3. The molecule has 24 heavy (non-hydrogen) atoms. The molecule has 0 radical (unpaired) electrons. The largest absolute Gasteiger partial charge is 0.497 e. The zero-order valence-electron chi connectivity index (χ0n) is 13.1. The molecule has 1 saturated heterocycles. The second kappa shape index (κ2) is 7.02. The Morgan fingerprint density at radius 3 is 2.75 bits per heavy atom. The van der Waals surface area contributed by atoms with Crippen LogP contribution in [0.1, 0.15) is 5.56 Å². The van der Waals surface area contributed by atoms with Crippen molar-refractivity contribution < 1.29 is 14.3 Å². The number of hydrogen-bond donors (Lipinski definition) is 0. The van der Waals surface area contributed by atoms with Crippen LogP contribution < -0.4 is 14.4 Å². The number of ether oxygens (including phenoxy) is 2. The van der Waals surface area contributed by atoms with Crippen LogP contribution in [0, 0.1) is 0 Å². The molecular weight excluding hydrogens is 344 g/mol. The van der Waals surface area contributed by atoms with Gasteiger partial charge in [-0.05, 0) is 29.8 Å². The first-order chi connectivity index (χ1) is 11.6. The van der Waals surface area contributed by atoms with Crippen LogP contribution in [0.2, 0.25) is 0 Å². The van der Waals surface area contributed by atoms with Gasteiger partial charge in [0.05, 0.1) is 24.8 Å². The van der Waals surface area contributed by atoms with Crippen molar-refractivity contribution in [3.63, 3.8) is 0 Å². The number of aromatic nitrogens is 1. The highest BCUT2D eigenvalue weighted by atomic mass is 32.2. The van der Waals surface area contributed by atoms with Crippen molar-refractivity contribution in [2.24, 2.45) is 0 Å². The molecule has 122 valence electrons. The highest BCUT2D eigenvalue weighted by Crippen LogP contribution is 2.41. The minimum absolute atomic E-state index is 0.183. The number of thiocarbonyl (C=S) groups is 1. The summed E-state index contributed by atoms with van der Waals surface area (Å²) in [5.74, 6) is 0.984. The minimum Gasteiger partial charge on any atom is -0.497 e. The fraction of sp³-hybridized carbons (Fsp3) is 0.118. The summed E-state index contributed by atoms with van der Waals surface area (Å²) in [7, 11) is 3.12. The zero-order valence-corrected chi connectivity index (χ0v) is 14.7. The summed E-state index contributed by atoms with van der Waals surface area (Å²) in [6.45, 7) is 0. The van der Waals surface area contributed by atoms with Crippen LogP contribution in [0.3, 0.4) is 0 Å². The molecule has 1 aromatic carbocycles. The molecule has 3 rings (SSSR count). The monoisotopic (exact) mass is 358 g/mol. The number of benzene rings is 1. The van der Waals surface area contributed by atoms with Gasteiger partial charge in [-0.3, -0.25) is 14.7 Å². The molecule has 1 fully saturated rings. The van der Waals surface area contributed by atoms with E-state index in [-0.39, 0.29) is 5.91 Å². The lowest BCUT2D eigenvalue weighted by atomic mass is 10.2. The molecule has 0 unspecified atom stereocenters. The maximum Gasteiger partial charge on any atom is 0.270 e. The van der Waals surface area contributed by atoms with Crippen molar-refractivity contribution in [1.29, 1.82) is 0 Å². The predicted molar refractivity (Wildman–Crippen MR) is 99.4 cm³/mol. The van der Waals surface area contributed by atoms with E-state index >= 15 is 0 Å². The van der Waals surface area contributed by atoms with E-state index in [4.69, 9.17) is 21.7 Å². The van der Waals surface area contributed by atoms with Crippen molar-refractivity contribution in [2.45, 2.75) is 0 Å². The molecule has 0 bridgehead atoms. The van der Waals surface area contributed by atoms with Gasteiger partial charge in [-0.1, -0.05) is 30.0 Å². The van der Waals surface area contributed by atoms with E-state index in [0.29, 0.717) is 26.4 Å². The summed E-state index contributed by atoms with van der Waals surface area (Å²) in [5, 5.41) is 0. The third-order valence-electron chi connectivity index (χ3n) is 3.40. The molecule has 0 aliphatic carbocycles. The van der Waals surface area contributed by atoms with Gasteiger partial charge in [0, 0.05) is 18.5 Å². The maximum atomic E-state index is 12.8. The number of anilines is 1. The van der Waals surface area contributed by atoms with Gasteiger partial charge in [-0.15, -0.1) is 0 Å². The zero-order chi connectivity index (χ0) is 17.1. The van der Waals surface area contributed by atoms with Crippen LogP contribution in [0.4, 0.5) is 5.69 Å². The van der Waals surface area contributed by atoms with Gasteiger partial charge in [-0.2, -0.15) is 0 Å². The molecular formula is C17H14N2O3S2. The van der Waals surface area contributed by atoms with Gasteiger partial charge in [0.25, 0.3) is 5.91 Å². The quantitative estimate of drug-likeness (QED) is 0.616. The number of carbonyl (C=O) groups is 1. The molecule has 5 nitrogen and oxygen atoms in total. The van der Waals surface area contributed by atoms with Crippen LogP contribution in [0.25, 0.3) is 6.08 Å². The molecule has 0 N–H and O–H groups in total. The number of methoxy groups -OCH3 is 2. The summed E-state index contributed by atoms with van der Waals surface area (Å²) < 4.78 is 11.0. The van der Waals surface area contributed by atoms with E-state index in [0.717, 1.165) is 5.56 Å². The minimum atomic E-state index is -0.183. The second-order valence-electron chi connectivity index (χ2n) is 4.84. The van der Waals surface area contributed by atoms with Crippen molar-refractivity contribution in [1.82, 2.24) is 4.98 Å². The van der Waals surface area contributed by atoms with Gasteiger partial charge in [0.15, 0.2) is 4.32 Å². The fourth-order valence-electron chi connectivity index (χ4n) is 2.26. The maximum absolute atomic E-state index is 12.8. The third kappa shape index (κ3) is 3.13. The Hall–Kier alpha value is -2.38. The van der Waals surface area contributed by atoms with Crippen LogP contribution in [-0.2, 0) is 4.79 Å². The average Bonchev–Trinajstić information content (AvgIpc) is 2.89. The Balaban J connectivity index is 1.97. The van der Waals surface area contributed by atoms with Crippen molar-refractivity contribution >= 4 is 46.0 Å². The molecule has 1 aliphatic rings.